The van der Waals surface area contributed by atoms with E-state index in [1.54, 1.807) is 0 Å². The summed E-state index contributed by atoms with van der Waals surface area (Å²) in [5, 5.41) is 10.2. The number of hydrogen-bond acceptors (Lipinski definition) is 4. The number of amides is 1. The van der Waals surface area contributed by atoms with Gasteiger partial charge in [0.05, 0.1) is 0 Å². The molecule has 1 atom stereocenters. The molecule has 1 saturated carbocycles. The first kappa shape index (κ1) is 16.6. The second kappa shape index (κ2) is 6.97. The van der Waals surface area contributed by atoms with Crippen LogP contribution < -0.4 is 16.0 Å². The van der Waals surface area contributed by atoms with E-state index >= 15 is 0 Å². The van der Waals surface area contributed by atoms with Gasteiger partial charge in [0.1, 0.15) is 5.60 Å². The Kier molecular flexibility index (Phi) is 5.49. The fourth-order valence-corrected chi connectivity index (χ4v) is 3.29. The van der Waals surface area contributed by atoms with E-state index in [0.717, 1.165) is 25.9 Å². The first-order chi connectivity index (χ1) is 9.89. The van der Waals surface area contributed by atoms with E-state index in [1.807, 2.05) is 20.8 Å². The zero-order valence-corrected chi connectivity index (χ0v) is 13.8. The van der Waals surface area contributed by atoms with E-state index in [2.05, 4.69) is 16.0 Å². The number of alkyl carbamates (subject to hydrolysis) is 1. The van der Waals surface area contributed by atoms with Gasteiger partial charge >= 0.3 is 6.09 Å². The molecule has 2 aliphatic rings. The molecule has 1 heterocycles. The third kappa shape index (κ3) is 5.47. The Labute approximate surface area is 128 Å². The molecule has 1 saturated heterocycles. The minimum Gasteiger partial charge on any atom is -0.444 e. The molecule has 3 N–H and O–H groups in total. The lowest BCUT2D eigenvalue weighted by atomic mass is 9.97. The predicted octanol–water partition coefficient (Wildman–Crippen LogP) is 2.17. The standard InChI is InChI=1S/C16H31N3O2/c1-15(2,3)21-14(20)18-12-16(8-4-5-9-16)19-11-13-7-6-10-17-13/h13,17,19H,4-12H2,1-3H3,(H,18,20). The first-order valence-electron chi connectivity index (χ1n) is 8.34. The number of ether oxygens (including phenoxy) is 1. The molecule has 0 aromatic carbocycles. The van der Waals surface area contributed by atoms with Crippen LogP contribution in [0.5, 0.6) is 0 Å². The van der Waals surface area contributed by atoms with E-state index in [0.29, 0.717) is 12.6 Å². The van der Waals surface area contributed by atoms with E-state index in [1.165, 1.54) is 25.7 Å². The Morgan fingerprint density at radius 3 is 2.57 bits per heavy atom. The highest BCUT2D eigenvalue weighted by molar-refractivity contribution is 5.67. The van der Waals surface area contributed by atoms with Crippen molar-refractivity contribution in [3.05, 3.63) is 0 Å². The van der Waals surface area contributed by atoms with Crippen LogP contribution in [0.4, 0.5) is 4.79 Å². The number of nitrogens with one attached hydrogen (secondary N) is 3. The van der Waals surface area contributed by atoms with Crippen molar-refractivity contribution in [1.29, 1.82) is 0 Å². The van der Waals surface area contributed by atoms with Gasteiger partial charge in [-0.1, -0.05) is 12.8 Å². The molecule has 0 radical (unpaired) electrons. The smallest absolute Gasteiger partial charge is 0.407 e. The Balaban J connectivity index is 1.79. The molecule has 1 unspecified atom stereocenters. The van der Waals surface area contributed by atoms with Crippen molar-refractivity contribution in [3.8, 4) is 0 Å². The molecule has 21 heavy (non-hydrogen) atoms. The molecular weight excluding hydrogens is 266 g/mol. The molecule has 1 aliphatic carbocycles. The van der Waals surface area contributed by atoms with Crippen LogP contribution in [-0.2, 0) is 4.74 Å². The van der Waals surface area contributed by atoms with E-state index in [4.69, 9.17) is 4.74 Å². The monoisotopic (exact) mass is 297 g/mol. The lowest BCUT2D eigenvalue weighted by Crippen LogP contribution is -2.54. The average molecular weight is 297 g/mol. The van der Waals surface area contributed by atoms with Crippen LogP contribution in [0.3, 0.4) is 0 Å². The molecule has 0 aromatic heterocycles. The quantitative estimate of drug-likeness (QED) is 0.728. The summed E-state index contributed by atoms with van der Waals surface area (Å²) < 4.78 is 5.33. The molecule has 2 rings (SSSR count). The van der Waals surface area contributed by atoms with Gasteiger partial charge in [-0.15, -0.1) is 0 Å². The average Bonchev–Trinajstić information content (AvgIpc) is 3.05. The summed E-state index contributed by atoms with van der Waals surface area (Å²) in [7, 11) is 0. The van der Waals surface area contributed by atoms with Crippen molar-refractivity contribution in [2.24, 2.45) is 0 Å². The maximum Gasteiger partial charge on any atom is 0.407 e. The van der Waals surface area contributed by atoms with Crippen LogP contribution in [0.2, 0.25) is 0 Å². The summed E-state index contributed by atoms with van der Waals surface area (Å²) in [6, 6.07) is 0.587. The lowest BCUT2D eigenvalue weighted by Gasteiger charge is -2.32. The highest BCUT2D eigenvalue weighted by Crippen LogP contribution is 2.29. The SMILES string of the molecule is CC(C)(C)OC(=O)NCC1(NCC2CCCN2)CCCC1. The first-order valence-corrected chi connectivity index (χ1v) is 8.34. The van der Waals surface area contributed by atoms with Crippen LogP contribution in [-0.4, -0.2) is 42.9 Å². The molecule has 0 aromatic rings. The molecule has 1 aliphatic heterocycles. The number of rotatable bonds is 5. The number of carbonyl (C=O) groups is 1. The maximum absolute atomic E-state index is 11.8. The van der Waals surface area contributed by atoms with Gasteiger partial charge in [0.25, 0.3) is 0 Å². The van der Waals surface area contributed by atoms with Crippen LogP contribution in [0.25, 0.3) is 0 Å². The third-order valence-corrected chi connectivity index (χ3v) is 4.42. The lowest BCUT2D eigenvalue weighted by molar-refractivity contribution is 0.0509. The van der Waals surface area contributed by atoms with E-state index < -0.39 is 5.60 Å². The third-order valence-electron chi connectivity index (χ3n) is 4.42. The summed E-state index contributed by atoms with van der Waals surface area (Å²) in [4.78, 5) is 11.8. The Bertz CT molecular complexity index is 340. The molecule has 2 fully saturated rings. The molecule has 5 heteroatoms. The zero-order chi connectivity index (χ0) is 15.3. The van der Waals surface area contributed by atoms with E-state index in [9.17, 15) is 4.79 Å². The van der Waals surface area contributed by atoms with Gasteiger partial charge in [0.15, 0.2) is 0 Å². The van der Waals surface area contributed by atoms with Crippen molar-refractivity contribution >= 4 is 6.09 Å². The molecule has 0 spiro atoms. The Hall–Kier alpha value is -0.810. The van der Waals surface area contributed by atoms with Gasteiger partial charge in [0, 0.05) is 24.7 Å². The second-order valence-electron chi connectivity index (χ2n) is 7.52. The van der Waals surface area contributed by atoms with Crippen molar-refractivity contribution in [2.45, 2.75) is 76.5 Å². The fourth-order valence-electron chi connectivity index (χ4n) is 3.29. The van der Waals surface area contributed by atoms with Crippen molar-refractivity contribution in [1.82, 2.24) is 16.0 Å². The minimum absolute atomic E-state index is 0.0567. The maximum atomic E-state index is 11.8. The molecular formula is C16H31N3O2. The summed E-state index contributed by atoms with van der Waals surface area (Å²) in [6.07, 6.45) is 6.96. The van der Waals surface area contributed by atoms with Gasteiger partial charge in [0.2, 0.25) is 0 Å². The zero-order valence-electron chi connectivity index (χ0n) is 13.8. The van der Waals surface area contributed by atoms with Crippen LogP contribution >= 0.6 is 0 Å². The van der Waals surface area contributed by atoms with E-state index in [-0.39, 0.29) is 11.6 Å². The van der Waals surface area contributed by atoms with Crippen molar-refractivity contribution < 1.29 is 9.53 Å². The molecule has 5 nitrogen and oxygen atoms in total. The molecule has 122 valence electrons. The van der Waals surface area contributed by atoms with Crippen LogP contribution in [0.1, 0.15) is 59.3 Å². The second-order valence-corrected chi connectivity index (χ2v) is 7.52. The van der Waals surface area contributed by atoms with Gasteiger partial charge in [-0.25, -0.2) is 4.79 Å². The van der Waals surface area contributed by atoms with Gasteiger partial charge in [-0.2, -0.15) is 0 Å². The largest absolute Gasteiger partial charge is 0.444 e. The normalized spacial score (nSPS) is 25.0. The topological polar surface area (TPSA) is 62.4 Å². The highest BCUT2D eigenvalue weighted by atomic mass is 16.6. The Morgan fingerprint density at radius 1 is 1.29 bits per heavy atom. The van der Waals surface area contributed by atoms with Gasteiger partial charge in [-0.3, -0.25) is 0 Å². The number of carbonyl (C=O) groups excluding carboxylic acids is 1. The van der Waals surface area contributed by atoms with Crippen LogP contribution in [0, 0.1) is 0 Å². The molecule has 0 bridgehead atoms. The minimum atomic E-state index is -0.436. The summed E-state index contributed by atoms with van der Waals surface area (Å²) in [6.45, 7) is 8.46. The summed E-state index contributed by atoms with van der Waals surface area (Å²) in [5.41, 5.74) is -0.380. The van der Waals surface area contributed by atoms with Gasteiger partial charge < -0.3 is 20.7 Å². The van der Waals surface area contributed by atoms with Gasteiger partial charge in [-0.05, 0) is 53.0 Å². The van der Waals surface area contributed by atoms with Crippen molar-refractivity contribution in [2.75, 3.05) is 19.6 Å². The van der Waals surface area contributed by atoms with Crippen molar-refractivity contribution in [3.63, 3.8) is 0 Å². The van der Waals surface area contributed by atoms with Crippen LogP contribution in [0.15, 0.2) is 0 Å². The number of hydrogen-bond donors (Lipinski definition) is 3. The Morgan fingerprint density at radius 2 is 2.00 bits per heavy atom. The fraction of sp³-hybridized carbons (Fsp3) is 0.938. The molecule has 1 amide bonds. The predicted molar refractivity (Wildman–Crippen MR) is 84.5 cm³/mol. The highest BCUT2D eigenvalue weighted by Gasteiger charge is 2.35. The summed E-state index contributed by atoms with van der Waals surface area (Å²) in [5.74, 6) is 0. The summed E-state index contributed by atoms with van der Waals surface area (Å²) >= 11 is 0.